The summed E-state index contributed by atoms with van der Waals surface area (Å²) in [7, 11) is 1.63. The molecule has 0 saturated carbocycles. The van der Waals surface area contributed by atoms with Crippen molar-refractivity contribution in [1.82, 2.24) is 14.8 Å². The van der Waals surface area contributed by atoms with E-state index in [9.17, 15) is 27.6 Å². The van der Waals surface area contributed by atoms with Gasteiger partial charge in [-0.3, -0.25) is 9.59 Å². The molecule has 0 aliphatic carbocycles. The smallest absolute Gasteiger partial charge is 0.362 e. The van der Waals surface area contributed by atoms with E-state index in [1.807, 2.05) is 0 Å². The minimum absolute atomic E-state index is 0.00126. The molecule has 3 rings (SSSR count). The van der Waals surface area contributed by atoms with E-state index in [1.165, 1.54) is 9.80 Å². The molecule has 138 valence electrons. The van der Waals surface area contributed by atoms with Crippen LogP contribution in [0.5, 0.6) is 0 Å². The zero-order chi connectivity index (χ0) is 19.1. The third-order valence-electron chi connectivity index (χ3n) is 4.00. The number of aromatic nitrogens is 1. The van der Waals surface area contributed by atoms with E-state index in [-0.39, 0.29) is 29.9 Å². The van der Waals surface area contributed by atoms with E-state index in [4.69, 9.17) is 0 Å². The maximum Gasteiger partial charge on any atom is 0.416 e. The molecule has 1 aromatic carbocycles. The molecule has 0 spiro atoms. The van der Waals surface area contributed by atoms with Crippen molar-refractivity contribution in [1.29, 1.82) is 0 Å². The third-order valence-corrected chi connectivity index (χ3v) is 4.00. The van der Waals surface area contributed by atoms with Gasteiger partial charge in [-0.05, 0) is 12.1 Å². The SMILES string of the molecule is CN1CCN(CNc2c(Nc3cc(C(F)(F)F)ccn3)c(=O)c2=O)C1=O. The summed E-state index contributed by atoms with van der Waals surface area (Å²) in [6, 6.07) is 1.30. The van der Waals surface area contributed by atoms with Crippen molar-refractivity contribution in [3.63, 3.8) is 0 Å². The summed E-state index contributed by atoms with van der Waals surface area (Å²) in [5.74, 6) is -0.216. The number of carbonyl (C=O) groups is 1. The lowest BCUT2D eigenvalue weighted by Gasteiger charge is -2.20. The summed E-state index contributed by atoms with van der Waals surface area (Å²) in [6.07, 6.45) is -3.61. The largest absolute Gasteiger partial charge is 0.416 e. The van der Waals surface area contributed by atoms with Crippen LogP contribution in [0.4, 0.5) is 35.2 Å². The first kappa shape index (κ1) is 17.7. The quantitative estimate of drug-likeness (QED) is 0.769. The molecule has 2 amide bonds. The number of urea groups is 1. The predicted molar refractivity (Wildman–Crippen MR) is 87.1 cm³/mol. The summed E-state index contributed by atoms with van der Waals surface area (Å²) in [5, 5.41) is 5.12. The molecule has 0 radical (unpaired) electrons. The molecule has 2 N–H and O–H groups in total. The molecule has 1 fully saturated rings. The van der Waals surface area contributed by atoms with Gasteiger partial charge in [0.15, 0.2) is 0 Å². The van der Waals surface area contributed by atoms with Crippen molar-refractivity contribution in [2.24, 2.45) is 0 Å². The molecule has 26 heavy (non-hydrogen) atoms. The van der Waals surface area contributed by atoms with Gasteiger partial charge in [0.25, 0.3) is 10.9 Å². The van der Waals surface area contributed by atoms with E-state index in [0.29, 0.717) is 13.1 Å². The minimum atomic E-state index is -4.56. The van der Waals surface area contributed by atoms with Gasteiger partial charge in [-0.1, -0.05) is 0 Å². The molecule has 0 unspecified atom stereocenters. The van der Waals surface area contributed by atoms with Gasteiger partial charge in [0.2, 0.25) is 0 Å². The average molecular weight is 369 g/mol. The normalized spacial score (nSPS) is 15.0. The number of hydrogen-bond acceptors (Lipinski definition) is 6. The van der Waals surface area contributed by atoms with Gasteiger partial charge in [-0.25, -0.2) is 9.78 Å². The Morgan fingerprint density at radius 3 is 2.46 bits per heavy atom. The van der Waals surface area contributed by atoms with E-state index in [2.05, 4.69) is 15.6 Å². The lowest BCUT2D eigenvalue weighted by molar-refractivity contribution is -0.137. The van der Waals surface area contributed by atoms with Crippen LogP contribution in [-0.4, -0.2) is 47.6 Å². The van der Waals surface area contributed by atoms with E-state index >= 15 is 0 Å². The Balaban J connectivity index is 1.74. The van der Waals surface area contributed by atoms with Gasteiger partial charge in [0.1, 0.15) is 17.2 Å². The molecule has 0 bridgehead atoms. The first-order valence-corrected chi connectivity index (χ1v) is 7.56. The number of rotatable bonds is 5. The molecule has 8 nitrogen and oxygen atoms in total. The number of anilines is 3. The monoisotopic (exact) mass is 369 g/mol. The van der Waals surface area contributed by atoms with Crippen LogP contribution in [0, 0.1) is 0 Å². The second-order valence-electron chi connectivity index (χ2n) is 5.76. The number of hydrogen-bond donors (Lipinski definition) is 2. The Morgan fingerprint density at radius 1 is 1.15 bits per heavy atom. The molecular weight excluding hydrogens is 355 g/mol. The fourth-order valence-electron chi connectivity index (χ4n) is 2.51. The molecule has 0 atom stereocenters. The molecule has 1 aliphatic rings. The summed E-state index contributed by atoms with van der Waals surface area (Å²) >= 11 is 0. The first-order chi connectivity index (χ1) is 12.2. The topological polar surface area (TPSA) is 94.6 Å². The van der Waals surface area contributed by atoms with Crippen LogP contribution in [0.1, 0.15) is 5.56 Å². The number of pyridine rings is 1. The Morgan fingerprint density at radius 2 is 1.85 bits per heavy atom. The highest BCUT2D eigenvalue weighted by Gasteiger charge is 2.31. The zero-order valence-electron chi connectivity index (χ0n) is 13.6. The molecule has 2 aromatic rings. The molecule has 2 heterocycles. The van der Waals surface area contributed by atoms with Gasteiger partial charge in [0.05, 0.1) is 12.2 Å². The Kier molecular flexibility index (Phi) is 4.30. The Bertz CT molecular complexity index is 920. The molecule has 1 aliphatic heterocycles. The maximum atomic E-state index is 12.7. The predicted octanol–water partition coefficient (Wildman–Crippen LogP) is 1.18. The third kappa shape index (κ3) is 3.19. The van der Waals surface area contributed by atoms with Gasteiger partial charge in [0, 0.05) is 26.3 Å². The molecule has 1 saturated heterocycles. The van der Waals surface area contributed by atoms with Crippen LogP contribution in [0.3, 0.4) is 0 Å². The molecule has 1 aromatic heterocycles. The van der Waals surface area contributed by atoms with E-state index < -0.39 is 22.6 Å². The van der Waals surface area contributed by atoms with Crippen molar-refractivity contribution in [2.45, 2.75) is 6.18 Å². The van der Waals surface area contributed by atoms with Crippen LogP contribution < -0.4 is 21.5 Å². The fourth-order valence-corrected chi connectivity index (χ4v) is 2.51. The second kappa shape index (κ2) is 6.32. The number of amides is 2. The van der Waals surface area contributed by atoms with Gasteiger partial charge in [-0.15, -0.1) is 0 Å². The fraction of sp³-hybridized carbons (Fsp3) is 0.333. The lowest BCUT2D eigenvalue weighted by atomic mass is 10.2. The lowest BCUT2D eigenvalue weighted by Crippen LogP contribution is -2.40. The number of nitrogens with zero attached hydrogens (tertiary/aromatic N) is 3. The first-order valence-electron chi connectivity index (χ1n) is 7.56. The van der Waals surface area contributed by atoms with Crippen LogP contribution >= 0.6 is 0 Å². The average Bonchev–Trinajstić information content (AvgIpc) is 2.92. The minimum Gasteiger partial charge on any atom is -0.362 e. The van der Waals surface area contributed by atoms with Gasteiger partial charge >= 0.3 is 12.2 Å². The Labute approximate surface area is 144 Å². The number of likely N-dealkylation sites (N-methyl/N-ethyl adjacent to an activating group) is 1. The number of carbonyl (C=O) groups excluding carboxylic acids is 1. The summed E-state index contributed by atoms with van der Waals surface area (Å²) in [4.78, 5) is 41.9. The van der Waals surface area contributed by atoms with Crippen LogP contribution in [0.2, 0.25) is 0 Å². The highest BCUT2D eigenvalue weighted by atomic mass is 19.4. The zero-order valence-corrected chi connectivity index (χ0v) is 13.6. The summed E-state index contributed by atoms with van der Waals surface area (Å²) in [5.41, 5.74) is -2.87. The standard InChI is InChI=1S/C15H14F3N5O3/c1-22-4-5-23(14(22)26)7-20-10-11(13(25)12(10)24)21-9-6-8(2-3-19-9)15(16,17)18/h2-3,6,20H,4-5,7H2,1H3,(H,19,21). The Hall–Kier alpha value is -3.11. The number of alkyl halides is 3. The number of halogens is 3. The van der Waals surface area contributed by atoms with Crippen LogP contribution in [0.25, 0.3) is 0 Å². The van der Waals surface area contributed by atoms with Crippen molar-refractivity contribution in [2.75, 3.05) is 37.4 Å². The summed E-state index contributed by atoms with van der Waals surface area (Å²) in [6.45, 7) is 0.986. The van der Waals surface area contributed by atoms with E-state index in [1.54, 1.807) is 7.05 Å². The number of nitrogens with one attached hydrogen (secondary N) is 2. The molecular formula is C15H14F3N5O3. The second-order valence-corrected chi connectivity index (χ2v) is 5.76. The van der Waals surface area contributed by atoms with Crippen molar-refractivity contribution >= 4 is 23.2 Å². The summed E-state index contributed by atoms with van der Waals surface area (Å²) < 4.78 is 38.2. The van der Waals surface area contributed by atoms with Gasteiger partial charge in [-0.2, -0.15) is 13.2 Å². The molecule has 11 heteroatoms. The van der Waals surface area contributed by atoms with Crippen LogP contribution in [0.15, 0.2) is 27.9 Å². The van der Waals surface area contributed by atoms with Crippen molar-refractivity contribution in [3.8, 4) is 0 Å². The highest BCUT2D eigenvalue weighted by Crippen LogP contribution is 2.30. The van der Waals surface area contributed by atoms with Crippen molar-refractivity contribution in [3.05, 3.63) is 44.3 Å². The van der Waals surface area contributed by atoms with Crippen LogP contribution in [-0.2, 0) is 6.18 Å². The van der Waals surface area contributed by atoms with Crippen molar-refractivity contribution < 1.29 is 18.0 Å². The highest BCUT2D eigenvalue weighted by molar-refractivity contribution is 5.79. The van der Waals surface area contributed by atoms with Gasteiger partial charge < -0.3 is 20.4 Å². The maximum absolute atomic E-state index is 12.7. The van der Waals surface area contributed by atoms with E-state index in [0.717, 1.165) is 18.3 Å².